The minimum atomic E-state index is -0.996. The highest BCUT2D eigenvalue weighted by atomic mass is 32.2. The van der Waals surface area contributed by atoms with Gasteiger partial charge in [0.15, 0.2) is 0 Å². The Balaban J connectivity index is 1.45. The van der Waals surface area contributed by atoms with Crippen molar-refractivity contribution in [2.75, 3.05) is 11.1 Å². The third kappa shape index (κ3) is 4.55. The van der Waals surface area contributed by atoms with E-state index in [0.717, 1.165) is 30.6 Å². The SMILES string of the molecule is Cc1cc(C)c(C(=O)O)cc1NC(=O)CCCC[C@@H]1SC[C@@H]2NC(=O)N[C@@H]21. The maximum absolute atomic E-state index is 12.2. The Hall–Kier alpha value is -2.22. The van der Waals surface area contributed by atoms with Crippen molar-refractivity contribution >= 4 is 35.4 Å². The summed E-state index contributed by atoms with van der Waals surface area (Å²) in [5, 5.41) is 18.4. The number of aryl methyl sites for hydroxylation is 2. The summed E-state index contributed by atoms with van der Waals surface area (Å²) < 4.78 is 0. The second-order valence-corrected chi connectivity index (χ2v) is 8.48. The molecule has 0 bridgehead atoms. The summed E-state index contributed by atoms with van der Waals surface area (Å²) in [7, 11) is 0. The largest absolute Gasteiger partial charge is 0.478 e. The molecule has 0 unspecified atom stereocenters. The number of nitrogens with one attached hydrogen (secondary N) is 3. The number of fused-ring (bicyclic) bond motifs is 1. The van der Waals surface area contributed by atoms with E-state index in [2.05, 4.69) is 16.0 Å². The van der Waals surface area contributed by atoms with E-state index >= 15 is 0 Å². The predicted molar refractivity (Wildman–Crippen MR) is 105 cm³/mol. The van der Waals surface area contributed by atoms with E-state index < -0.39 is 5.97 Å². The molecule has 2 heterocycles. The van der Waals surface area contributed by atoms with Crippen molar-refractivity contribution in [3.05, 3.63) is 28.8 Å². The maximum atomic E-state index is 12.2. The number of hydrogen-bond acceptors (Lipinski definition) is 4. The Morgan fingerprint density at radius 3 is 2.74 bits per heavy atom. The average Bonchev–Trinajstić information content (AvgIpc) is 3.13. The fraction of sp³-hybridized carbons (Fsp3) is 0.526. The van der Waals surface area contributed by atoms with Crippen LogP contribution in [0.5, 0.6) is 0 Å². The van der Waals surface area contributed by atoms with Crippen LogP contribution < -0.4 is 16.0 Å². The van der Waals surface area contributed by atoms with E-state index in [1.807, 2.05) is 18.7 Å². The summed E-state index contributed by atoms with van der Waals surface area (Å²) in [5.41, 5.74) is 2.29. The molecule has 1 aromatic carbocycles. The predicted octanol–water partition coefficient (Wildman–Crippen LogP) is 2.67. The van der Waals surface area contributed by atoms with Crippen molar-refractivity contribution < 1.29 is 19.5 Å². The van der Waals surface area contributed by atoms with Crippen LogP contribution in [0.25, 0.3) is 0 Å². The Bertz CT molecular complexity index is 768. The van der Waals surface area contributed by atoms with Crippen molar-refractivity contribution in [2.45, 2.75) is 56.9 Å². The number of aromatic carboxylic acids is 1. The molecular formula is C19H25N3O4S. The smallest absolute Gasteiger partial charge is 0.336 e. The van der Waals surface area contributed by atoms with Gasteiger partial charge in [-0.3, -0.25) is 4.79 Å². The molecule has 0 radical (unpaired) electrons. The Kier molecular flexibility index (Phi) is 5.94. The number of thioether (sulfide) groups is 1. The molecule has 0 aliphatic carbocycles. The highest BCUT2D eigenvalue weighted by Gasteiger charge is 2.42. The van der Waals surface area contributed by atoms with Crippen molar-refractivity contribution in [3.63, 3.8) is 0 Å². The molecule has 27 heavy (non-hydrogen) atoms. The molecule has 1 aromatic rings. The molecule has 8 heteroatoms. The van der Waals surface area contributed by atoms with E-state index in [1.165, 1.54) is 6.07 Å². The van der Waals surface area contributed by atoms with E-state index in [-0.39, 0.29) is 29.6 Å². The molecule has 2 aliphatic rings. The van der Waals surface area contributed by atoms with Crippen molar-refractivity contribution in [2.24, 2.45) is 0 Å². The summed E-state index contributed by atoms with van der Waals surface area (Å²) in [6, 6.07) is 3.64. The van der Waals surface area contributed by atoms with Crippen LogP contribution in [0.2, 0.25) is 0 Å². The summed E-state index contributed by atoms with van der Waals surface area (Å²) >= 11 is 1.87. The highest BCUT2D eigenvalue weighted by Crippen LogP contribution is 2.33. The van der Waals surface area contributed by atoms with E-state index in [0.29, 0.717) is 22.9 Å². The second kappa shape index (κ2) is 8.21. The summed E-state index contributed by atoms with van der Waals surface area (Å²) in [4.78, 5) is 34.9. The quantitative estimate of drug-likeness (QED) is 0.422. The first kappa shape index (κ1) is 19.5. The van der Waals surface area contributed by atoms with Gasteiger partial charge < -0.3 is 21.1 Å². The third-order valence-corrected chi connectivity index (χ3v) is 6.67. The van der Waals surface area contributed by atoms with Crippen LogP contribution in [0.3, 0.4) is 0 Å². The highest BCUT2D eigenvalue weighted by molar-refractivity contribution is 8.00. The zero-order valence-electron chi connectivity index (χ0n) is 15.5. The Morgan fingerprint density at radius 1 is 1.22 bits per heavy atom. The van der Waals surface area contributed by atoms with Gasteiger partial charge in [-0.05, 0) is 43.9 Å². The Morgan fingerprint density at radius 2 is 2.00 bits per heavy atom. The molecule has 7 nitrogen and oxygen atoms in total. The van der Waals surface area contributed by atoms with Gasteiger partial charge in [-0.15, -0.1) is 0 Å². The van der Waals surface area contributed by atoms with Gasteiger partial charge in [0.2, 0.25) is 5.91 Å². The van der Waals surface area contributed by atoms with E-state index in [4.69, 9.17) is 0 Å². The molecule has 3 atom stereocenters. The molecule has 2 fully saturated rings. The van der Waals surface area contributed by atoms with Gasteiger partial charge in [-0.2, -0.15) is 11.8 Å². The minimum absolute atomic E-state index is 0.0797. The monoisotopic (exact) mass is 391 g/mol. The zero-order valence-corrected chi connectivity index (χ0v) is 16.3. The normalized spacial score (nSPS) is 23.5. The van der Waals surface area contributed by atoms with Crippen molar-refractivity contribution in [1.82, 2.24) is 10.6 Å². The first-order valence-corrected chi connectivity index (χ1v) is 10.2. The lowest BCUT2D eigenvalue weighted by molar-refractivity contribution is -0.116. The molecular weight excluding hydrogens is 366 g/mol. The standard InChI is InChI=1S/C19H25N3O4S/c1-10-7-11(2)13(8-12(10)18(24)25)20-16(23)6-4-3-5-15-17-14(9-27-15)21-19(26)22-17/h7-8,14-15,17H,3-6,9H2,1-2H3,(H,20,23)(H,24,25)(H2,21,22,26)/t14-,15-,17-/m0/s1. The number of anilines is 1. The van der Waals surface area contributed by atoms with Crippen molar-refractivity contribution in [3.8, 4) is 0 Å². The van der Waals surface area contributed by atoms with Crippen LogP contribution in [0.4, 0.5) is 10.5 Å². The number of urea groups is 1. The van der Waals surface area contributed by atoms with Crippen LogP contribution in [-0.4, -0.2) is 46.1 Å². The van der Waals surface area contributed by atoms with Gasteiger partial charge in [0, 0.05) is 23.1 Å². The molecule has 146 valence electrons. The number of carbonyl (C=O) groups excluding carboxylic acids is 2. The van der Waals surface area contributed by atoms with Gasteiger partial charge in [-0.25, -0.2) is 9.59 Å². The molecule has 0 aromatic heterocycles. The molecule has 4 N–H and O–H groups in total. The van der Waals surface area contributed by atoms with Crippen LogP contribution in [0, 0.1) is 13.8 Å². The number of hydrogen-bond donors (Lipinski definition) is 4. The number of carboxylic acid groups (broad SMARTS) is 1. The third-order valence-electron chi connectivity index (χ3n) is 5.16. The zero-order chi connectivity index (χ0) is 19.6. The van der Waals surface area contributed by atoms with Crippen LogP contribution in [0.1, 0.15) is 47.2 Å². The summed E-state index contributed by atoms with van der Waals surface area (Å²) in [5.74, 6) is -0.164. The number of carbonyl (C=O) groups is 3. The molecule has 3 rings (SSSR count). The van der Waals surface area contributed by atoms with E-state index in [9.17, 15) is 19.5 Å². The molecule has 3 amide bonds. The number of carboxylic acids is 1. The van der Waals surface area contributed by atoms with Crippen LogP contribution in [-0.2, 0) is 4.79 Å². The fourth-order valence-corrected chi connectivity index (χ4v) is 5.25. The lowest BCUT2D eigenvalue weighted by atomic mass is 10.0. The minimum Gasteiger partial charge on any atom is -0.478 e. The number of unbranched alkanes of at least 4 members (excludes halogenated alkanes) is 1. The first-order valence-electron chi connectivity index (χ1n) is 9.18. The molecule has 0 spiro atoms. The summed E-state index contributed by atoms with van der Waals surface area (Å²) in [6.07, 6.45) is 3.04. The lowest BCUT2D eigenvalue weighted by Crippen LogP contribution is -2.36. The summed E-state index contributed by atoms with van der Waals surface area (Å²) in [6.45, 7) is 3.60. The molecule has 2 saturated heterocycles. The molecule has 2 aliphatic heterocycles. The van der Waals surface area contributed by atoms with Gasteiger partial charge in [0.25, 0.3) is 0 Å². The number of benzene rings is 1. The van der Waals surface area contributed by atoms with Crippen LogP contribution in [0.15, 0.2) is 12.1 Å². The van der Waals surface area contributed by atoms with Gasteiger partial charge in [0.05, 0.1) is 17.6 Å². The second-order valence-electron chi connectivity index (χ2n) is 7.20. The first-order chi connectivity index (χ1) is 12.8. The van der Waals surface area contributed by atoms with E-state index in [1.54, 1.807) is 13.0 Å². The topological polar surface area (TPSA) is 108 Å². The average molecular weight is 391 g/mol. The van der Waals surface area contributed by atoms with Gasteiger partial charge in [-0.1, -0.05) is 12.5 Å². The van der Waals surface area contributed by atoms with Crippen molar-refractivity contribution in [1.29, 1.82) is 0 Å². The number of amides is 3. The fourth-order valence-electron chi connectivity index (χ4n) is 3.70. The number of rotatable bonds is 7. The van der Waals surface area contributed by atoms with Gasteiger partial charge >= 0.3 is 12.0 Å². The van der Waals surface area contributed by atoms with Gasteiger partial charge in [0.1, 0.15) is 0 Å². The maximum Gasteiger partial charge on any atom is 0.336 e. The Labute approximate surface area is 162 Å². The lowest BCUT2D eigenvalue weighted by Gasteiger charge is -2.16. The van der Waals surface area contributed by atoms with Crippen LogP contribution >= 0.6 is 11.8 Å². The molecule has 0 saturated carbocycles.